The van der Waals surface area contributed by atoms with E-state index in [1.54, 1.807) is 41.5 Å². The summed E-state index contributed by atoms with van der Waals surface area (Å²) in [6.07, 6.45) is 0.331. The van der Waals surface area contributed by atoms with Crippen LogP contribution < -0.4 is 4.74 Å². The van der Waals surface area contributed by atoms with Gasteiger partial charge in [-0.25, -0.2) is 0 Å². The van der Waals surface area contributed by atoms with Crippen molar-refractivity contribution in [2.45, 2.75) is 98.9 Å². The number of phenols is 2. The smallest absolute Gasteiger partial charge is 0.238 e. The molecule has 44 heavy (non-hydrogen) atoms. The van der Waals surface area contributed by atoms with Gasteiger partial charge in [0.1, 0.15) is 28.6 Å². The minimum atomic E-state index is -1.46. The second-order valence-corrected chi connectivity index (χ2v) is 14.8. The van der Waals surface area contributed by atoms with Crippen molar-refractivity contribution in [3.05, 3.63) is 63.9 Å². The van der Waals surface area contributed by atoms with Gasteiger partial charge in [-0.05, 0) is 47.5 Å². The molecule has 2 aliphatic heterocycles. The Morgan fingerprint density at radius 2 is 1.48 bits per heavy atom. The average molecular weight is 605 g/mol. The third-order valence-corrected chi connectivity index (χ3v) is 9.90. The third-order valence-electron chi connectivity index (χ3n) is 9.90. The predicted octanol–water partition coefficient (Wildman–Crippen LogP) is 7.22. The molecule has 1 saturated heterocycles. The number of hydrogen-bond acceptors (Lipinski definition) is 8. The zero-order valence-electron chi connectivity index (χ0n) is 27.3. The maximum atomic E-state index is 14.0. The summed E-state index contributed by atoms with van der Waals surface area (Å²) in [5, 5.41) is 35.8. The van der Waals surface area contributed by atoms with Crippen molar-refractivity contribution in [3.8, 4) is 17.2 Å². The monoisotopic (exact) mass is 604 g/mol. The van der Waals surface area contributed by atoms with E-state index < -0.39 is 74.7 Å². The number of aliphatic hydroxyl groups excluding tert-OH is 1. The normalized spacial score (nSPS) is 25.7. The Balaban J connectivity index is 1.88. The van der Waals surface area contributed by atoms with Crippen LogP contribution in [0.5, 0.6) is 17.2 Å². The molecule has 3 N–H and O–H groups in total. The van der Waals surface area contributed by atoms with Gasteiger partial charge in [-0.15, -0.1) is 0 Å². The van der Waals surface area contributed by atoms with Crippen LogP contribution in [-0.4, -0.2) is 38.3 Å². The first-order valence-corrected chi connectivity index (χ1v) is 15.4. The number of carbonyl (C=O) groups is 3. The van der Waals surface area contributed by atoms with E-state index in [2.05, 4.69) is 0 Å². The molecule has 0 saturated carbocycles. The van der Waals surface area contributed by atoms with Gasteiger partial charge in [0.15, 0.2) is 17.3 Å². The summed E-state index contributed by atoms with van der Waals surface area (Å²) in [4.78, 5) is 41.3. The van der Waals surface area contributed by atoms with E-state index in [1.807, 2.05) is 44.2 Å². The standard InChI is InChI=1S/C36H44O8/c1-17(2)21(24-30(40)33(5,6)32(42)34(7,8)31(24)41)23-27(38)22-20-16-36(44-35(20,9)10,19-14-12-11-13-15-19)43-29(22)25(28(23)39)26(37)18(3)4/h11-15,17-18,20-21,38-40H,16H2,1-10H3/t20-,21?,36+/m0/s1. The van der Waals surface area contributed by atoms with Gasteiger partial charge in [-0.1, -0.05) is 58.0 Å². The number of rotatable bonds is 6. The Morgan fingerprint density at radius 3 is 2.02 bits per heavy atom. The van der Waals surface area contributed by atoms with E-state index in [9.17, 15) is 29.7 Å². The van der Waals surface area contributed by atoms with Gasteiger partial charge < -0.3 is 24.8 Å². The maximum absolute atomic E-state index is 14.0. The highest BCUT2D eigenvalue weighted by atomic mass is 16.7. The first kappa shape index (κ1) is 31.8. The number of allylic oxidation sites excluding steroid dienone is 2. The highest BCUT2D eigenvalue weighted by Gasteiger charge is 2.61. The molecule has 0 amide bonds. The quantitative estimate of drug-likeness (QED) is 0.233. The van der Waals surface area contributed by atoms with Crippen LogP contribution in [0.25, 0.3) is 0 Å². The number of hydrogen-bond donors (Lipinski definition) is 3. The fourth-order valence-corrected chi connectivity index (χ4v) is 7.51. The number of phenolic OH excluding ortho intramolecular Hbond substituents is 2. The number of ketones is 3. The second kappa shape index (κ2) is 9.93. The Morgan fingerprint density at radius 1 is 0.886 bits per heavy atom. The van der Waals surface area contributed by atoms with E-state index in [0.29, 0.717) is 12.0 Å². The number of carbonyl (C=O) groups excluding carboxylic acids is 3. The van der Waals surface area contributed by atoms with Gasteiger partial charge in [0.2, 0.25) is 5.79 Å². The van der Waals surface area contributed by atoms with E-state index in [-0.39, 0.29) is 28.2 Å². The van der Waals surface area contributed by atoms with Crippen LogP contribution in [0.4, 0.5) is 0 Å². The topological polar surface area (TPSA) is 130 Å². The van der Waals surface area contributed by atoms with Crippen LogP contribution in [0.3, 0.4) is 0 Å². The van der Waals surface area contributed by atoms with Crippen molar-refractivity contribution in [1.29, 1.82) is 0 Å². The molecule has 3 aliphatic rings. The van der Waals surface area contributed by atoms with E-state index in [4.69, 9.17) is 9.47 Å². The Bertz CT molecular complexity index is 1610. The van der Waals surface area contributed by atoms with Gasteiger partial charge in [0, 0.05) is 46.4 Å². The summed E-state index contributed by atoms with van der Waals surface area (Å²) in [6.45, 7) is 17.0. The summed E-state index contributed by atoms with van der Waals surface area (Å²) in [6, 6.07) is 9.38. The van der Waals surface area contributed by atoms with Crippen LogP contribution in [0.15, 0.2) is 41.7 Å². The molecule has 8 heteroatoms. The molecule has 1 fully saturated rings. The minimum absolute atomic E-state index is 0.0443. The van der Waals surface area contributed by atoms with Gasteiger partial charge >= 0.3 is 0 Å². The molecule has 2 aromatic rings. The summed E-state index contributed by atoms with van der Waals surface area (Å²) >= 11 is 0. The van der Waals surface area contributed by atoms with Gasteiger partial charge in [0.05, 0.1) is 16.4 Å². The van der Waals surface area contributed by atoms with Crippen molar-refractivity contribution in [2.75, 3.05) is 0 Å². The molecule has 2 heterocycles. The lowest BCUT2D eigenvalue weighted by atomic mass is 9.59. The first-order valence-electron chi connectivity index (χ1n) is 15.4. The van der Waals surface area contributed by atoms with Crippen molar-refractivity contribution in [3.63, 3.8) is 0 Å². The van der Waals surface area contributed by atoms with Gasteiger partial charge in [-0.3, -0.25) is 14.4 Å². The number of ether oxygens (including phenoxy) is 2. The Kier molecular flexibility index (Phi) is 7.17. The fraction of sp³-hybridized carbons (Fsp3) is 0.528. The third kappa shape index (κ3) is 4.24. The lowest BCUT2D eigenvalue weighted by Gasteiger charge is -2.42. The number of aliphatic hydroxyl groups is 1. The van der Waals surface area contributed by atoms with Crippen LogP contribution in [0, 0.1) is 22.7 Å². The largest absolute Gasteiger partial charge is 0.511 e. The molecule has 236 valence electrons. The molecular formula is C36H44O8. The summed E-state index contributed by atoms with van der Waals surface area (Å²) in [5.74, 6) is -6.38. The number of aromatic hydroxyl groups is 2. The van der Waals surface area contributed by atoms with Crippen LogP contribution >= 0.6 is 0 Å². The highest BCUT2D eigenvalue weighted by molar-refractivity contribution is 6.19. The second-order valence-electron chi connectivity index (χ2n) is 14.8. The fourth-order valence-electron chi connectivity index (χ4n) is 7.51. The maximum Gasteiger partial charge on any atom is 0.238 e. The van der Waals surface area contributed by atoms with E-state index >= 15 is 0 Å². The van der Waals surface area contributed by atoms with Crippen LogP contribution in [0.2, 0.25) is 0 Å². The molecular weight excluding hydrogens is 560 g/mol. The zero-order chi connectivity index (χ0) is 32.9. The predicted molar refractivity (Wildman–Crippen MR) is 165 cm³/mol. The zero-order valence-corrected chi connectivity index (χ0v) is 27.3. The molecule has 0 spiro atoms. The van der Waals surface area contributed by atoms with Gasteiger partial charge in [0.25, 0.3) is 0 Å². The molecule has 1 aliphatic carbocycles. The first-order chi connectivity index (χ1) is 20.2. The lowest BCUT2D eigenvalue weighted by molar-refractivity contribution is -0.202. The highest BCUT2D eigenvalue weighted by Crippen LogP contribution is 2.65. The molecule has 2 aromatic carbocycles. The number of benzene rings is 2. The van der Waals surface area contributed by atoms with Crippen LogP contribution in [-0.2, 0) is 20.1 Å². The van der Waals surface area contributed by atoms with Crippen molar-refractivity contribution in [2.24, 2.45) is 22.7 Å². The summed E-state index contributed by atoms with van der Waals surface area (Å²) < 4.78 is 13.2. The van der Waals surface area contributed by atoms with Crippen LogP contribution in [0.1, 0.15) is 115 Å². The lowest BCUT2D eigenvalue weighted by Crippen LogP contribution is -2.50. The van der Waals surface area contributed by atoms with Crippen molar-refractivity contribution in [1.82, 2.24) is 0 Å². The van der Waals surface area contributed by atoms with Crippen molar-refractivity contribution >= 4 is 17.3 Å². The van der Waals surface area contributed by atoms with E-state index in [1.165, 1.54) is 13.8 Å². The Hall–Kier alpha value is -3.65. The molecule has 5 rings (SSSR count). The SMILES string of the molecule is CC(C)C(=O)c1c(O)c(C(C2=C(O)C(C)(C)C(=O)C(C)(C)C2=O)C(C)C)c(O)c2c1O[C@]1(c3ccccc3)C[C@@H]2C(C)(C)O1. The molecule has 3 atom stereocenters. The average Bonchev–Trinajstić information content (AvgIpc) is 3.16. The Labute approximate surface area is 259 Å². The van der Waals surface area contributed by atoms with E-state index in [0.717, 1.165) is 5.56 Å². The minimum Gasteiger partial charge on any atom is -0.511 e. The number of Topliss-reactive ketones (excluding diaryl/α,β-unsaturated/α-hetero) is 3. The summed E-state index contributed by atoms with van der Waals surface area (Å²) in [7, 11) is 0. The summed E-state index contributed by atoms with van der Waals surface area (Å²) in [5.41, 5.74) is -2.86. The number of fused-ring (bicyclic) bond motifs is 4. The molecule has 8 nitrogen and oxygen atoms in total. The molecule has 1 unspecified atom stereocenters. The molecule has 0 radical (unpaired) electrons. The van der Waals surface area contributed by atoms with Gasteiger partial charge in [-0.2, -0.15) is 0 Å². The van der Waals surface area contributed by atoms with Crippen molar-refractivity contribution < 1.29 is 39.2 Å². The molecule has 2 bridgehead atoms. The molecule has 0 aromatic heterocycles.